The van der Waals surface area contributed by atoms with Crippen molar-refractivity contribution in [3.8, 4) is 0 Å². The predicted octanol–water partition coefficient (Wildman–Crippen LogP) is 4.09. The molecule has 0 rings (SSSR count). The summed E-state index contributed by atoms with van der Waals surface area (Å²) in [4.78, 5) is 10.9. The highest BCUT2D eigenvalue weighted by atomic mass is 16.4. The van der Waals surface area contributed by atoms with E-state index < -0.39 is 11.4 Å². The molecule has 0 bridgehead atoms. The number of carbonyl (C=O) groups is 1. The third-order valence-electron chi connectivity index (χ3n) is 3.30. The Morgan fingerprint density at radius 1 is 1.27 bits per heavy atom. The van der Waals surface area contributed by atoms with E-state index in [2.05, 4.69) is 13.8 Å². The van der Waals surface area contributed by atoms with Gasteiger partial charge >= 0.3 is 5.97 Å². The van der Waals surface area contributed by atoms with Crippen LogP contribution in [-0.4, -0.2) is 11.1 Å². The molecule has 90 valence electrons. The summed E-state index contributed by atoms with van der Waals surface area (Å²) in [5.41, 5.74) is -0.556. The Morgan fingerprint density at radius 2 is 1.87 bits per heavy atom. The number of aliphatic carboxylic acids is 1. The Bertz CT molecular complexity index is 185. The molecule has 2 heteroatoms. The summed E-state index contributed by atoms with van der Waals surface area (Å²) < 4.78 is 0. The molecule has 0 heterocycles. The van der Waals surface area contributed by atoms with E-state index in [4.69, 9.17) is 5.11 Å². The van der Waals surface area contributed by atoms with Crippen molar-refractivity contribution in [2.24, 2.45) is 11.3 Å². The van der Waals surface area contributed by atoms with Crippen LogP contribution < -0.4 is 0 Å². The first-order chi connectivity index (χ1) is 6.94. The van der Waals surface area contributed by atoms with Gasteiger partial charge in [0.15, 0.2) is 0 Å². The normalized spacial score (nSPS) is 13.9. The summed E-state index contributed by atoms with van der Waals surface area (Å²) >= 11 is 0. The second-order valence-corrected chi connectivity index (χ2v) is 5.14. The van der Waals surface area contributed by atoms with Crippen LogP contribution in [0, 0.1) is 11.3 Å². The van der Waals surface area contributed by atoms with Gasteiger partial charge in [-0.05, 0) is 32.6 Å². The Balaban J connectivity index is 3.94. The van der Waals surface area contributed by atoms with E-state index in [1.807, 2.05) is 13.8 Å². The molecule has 2 nitrogen and oxygen atoms in total. The van der Waals surface area contributed by atoms with Crippen molar-refractivity contribution < 1.29 is 9.90 Å². The summed E-state index contributed by atoms with van der Waals surface area (Å²) in [6, 6.07) is 0. The van der Waals surface area contributed by atoms with Crippen molar-refractivity contribution in [2.45, 2.75) is 66.2 Å². The van der Waals surface area contributed by atoms with Crippen molar-refractivity contribution in [3.05, 3.63) is 0 Å². The zero-order valence-corrected chi connectivity index (χ0v) is 10.7. The summed E-state index contributed by atoms with van der Waals surface area (Å²) in [5, 5.41) is 9.00. The average Bonchev–Trinajstić information content (AvgIpc) is 2.18. The molecule has 15 heavy (non-hydrogen) atoms. The van der Waals surface area contributed by atoms with Gasteiger partial charge < -0.3 is 5.11 Å². The molecular weight excluding hydrogens is 188 g/mol. The van der Waals surface area contributed by atoms with Crippen molar-refractivity contribution in [3.63, 3.8) is 0 Å². The molecule has 1 N–H and O–H groups in total. The molecular formula is C13H26O2. The van der Waals surface area contributed by atoms with Gasteiger partial charge in [-0.25, -0.2) is 0 Å². The molecule has 0 radical (unpaired) electrons. The van der Waals surface area contributed by atoms with Gasteiger partial charge in [-0.15, -0.1) is 0 Å². The Kier molecular flexibility index (Phi) is 6.62. The molecule has 0 aliphatic carbocycles. The molecule has 0 aromatic rings. The monoisotopic (exact) mass is 214 g/mol. The average molecular weight is 214 g/mol. The fourth-order valence-electron chi connectivity index (χ4n) is 1.72. The predicted molar refractivity (Wildman–Crippen MR) is 64.0 cm³/mol. The molecule has 0 amide bonds. The van der Waals surface area contributed by atoms with Gasteiger partial charge in [-0.3, -0.25) is 4.79 Å². The molecule has 0 aliphatic heterocycles. The molecule has 1 atom stereocenters. The Morgan fingerprint density at radius 3 is 2.27 bits per heavy atom. The first-order valence-electron chi connectivity index (χ1n) is 6.17. The van der Waals surface area contributed by atoms with Crippen molar-refractivity contribution >= 4 is 5.97 Å². The third-order valence-corrected chi connectivity index (χ3v) is 3.30. The van der Waals surface area contributed by atoms with E-state index in [9.17, 15) is 4.79 Å². The molecule has 0 saturated carbocycles. The van der Waals surface area contributed by atoms with Crippen LogP contribution in [0.2, 0.25) is 0 Å². The molecule has 1 unspecified atom stereocenters. The first kappa shape index (κ1) is 14.5. The fraction of sp³-hybridized carbons (Fsp3) is 0.923. The van der Waals surface area contributed by atoms with Gasteiger partial charge in [0.1, 0.15) is 0 Å². The summed E-state index contributed by atoms with van der Waals surface area (Å²) in [7, 11) is 0. The van der Waals surface area contributed by atoms with Crippen molar-refractivity contribution in [1.82, 2.24) is 0 Å². The second-order valence-electron chi connectivity index (χ2n) is 5.14. The van der Waals surface area contributed by atoms with E-state index in [1.54, 1.807) is 0 Å². The summed E-state index contributed by atoms with van der Waals surface area (Å²) in [5.74, 6) is 0.0384. The maximum absolute atomic E-state index is 10.9. The van der Waals surface area contributed by atoms with Crippen LogP contribution in [0.1, 0.15) is 66.2 Å². The van der Waals surface area contributed by atoms with Crippen molar-refractivity contribution in [2.75, 3.05) is 0 Å². The standard InChI is InChI=1S/C13H26O2/c1-5-7-8-11(6-2)9-10-13(3,4)12(14)15/h11H,5-10H2,1-4H3,(H,14,15). The van der Waals surface area contributed by atoms with Gasteiger partial charge in [0.05, 0.1) is 5.41 Å². The van der Waals surface area contributed by atoms with E-state index >= 15 is 0 Å². The van der Waals surface area contributed by atoms with Crippen molar-refractivity contribution in [1.29, 1.82) is 0 Å². The number of carboxylic acid groups (broad SMARTS) is 1. The summed E-state index contributed by atoms with van der Waals surface area (Å²) in [6.45, 7) is 8.05. The van der Waals surface area contributed by atoms with E-state index in [-0.39, 0.29) is 0 Å². The fourth-order valence-corrected chi connectivity index (χ4v) is 1.72. The number of hydrogen-bond acceptors (Lipinski definition) is 1. The molecule has 0 aliphatic rings. The highest BCUT2D eigenvalue weighted by Gasteiger charge is 2.27. The van der Waals surface area contributed by atoms with E-state index in [0.717, 1.165) is 12.8 Å². The highest BCUT2D eigenvalue weighted by Crippen LogP contribution is 2.28. The molecule has 0 aromatic carbocycles. The Hall–Kier alpha value is -0.530. The lowest BCUT2D eigenvalue weighted by atomic mass is 9.83. The first-order valence-corrected chi connectivity index (χ1v) is 6.17. The lowest BCUT2D eigenvalue weighted by Crippen LogP contribution is -2.24. The quantitative estimate of drug-likeness (QED) is 0.660. The van der Waals surface area contributed by atoms with Crippen LogP contribution in [0.25, 0.3) is 0 Å². The van der Waals surface area contributed by atoms with Crippen LogP contribution in [0.3, 0.4) is 0 Å². The molecule has 0 fully saturated rings. The van der Waals surface area contributed by atoms with E-state index in [0.29, 0.717) is 5.92 Å². The van der Waals surface area contributed by atoms with Gasteiger partial charge in [-0.2, -0.15) is 0 Å². The van der Waals surface area contributed by atoms with E-state index in [1.165, 1.54) is 25.7 Å². The molecule has 0 saturated heterocycles. The van der Waals surface area contributed by atoms with Crippen LogP contribution in [-0.2, 0) is 4.79 Å². The van der Waals surface area contributed by atoms with Crippen LogP contribution >= 0.6 is 0 Å². The minimum absolute atomic E-state index is 0.556. The number of hydrogen-bond donors (Lipinski definition) is 1. The third kappa shape index (κ3) is 5.81. The summed E-state index contributed by atoms with van der Waals surface area (Å²) in [6.07, 6.45) is 6.78. The molecule has 0 aromatic heterocycles. The number of carboxylic acids is 1. The zero-order valence-electron chi connectivity index (χ0n) is 10.7. The molecule has 0 spiro atoms. The topological polar surface area (TPSA) is 37.3 Å². The minimum atomic E-state index is -0.673. The van der Waals surface area contributed by atoms with Crippen LogP contribution in [0.5, 0.6) is 0 Å². The SMILES string of the molecule is CCCCC(CC)CCC(C)(C)C(=O)O. The second kappa shape index (κ2) is 6.86. The van der Waals surface area contributed by atoms with Gasteiger partial charge in [-0.1, -0.05) is 39.5 Å². The highest BCUT2D eigenvalue weighted by molar-refractivity contribution is 5.73. The maximum Gasteiger partial charge on any atom is 0.309 e. The van der Waals surface area contributed by atoms with Gasteiger partial charge in [0.2, 0.25) is 0 Å². The maximum atomic E-state index is 10.9. The van der Waals surface area contributed by atoms with Gasteiger partial charge in [0.25, 0.3) is 0 Å². The van der Waals surface area contributed by atoms with Gasteiger partial charge in [0, 0.05) is 0 Å². The lowest BCUT2D eigenvalue weighted by molar-refractivity contribution is -0.147. The lowest BCUT2D eigenvalue weighted by Gasteiger charge is -2.22. The Labute approximate surface area is 94.1 Å². The minimum Gasteiger partial charge on any atom is -0.481 e. The number of rotatable bonds is 8. The van der Waals surface area contributed by atoms with Crippen LogP contribution in [0.15, 0.2) is 0 Å². The smallest absolute Gasteiger partial charge is 0.309 e. The zero-order chi connectivity index (χ0) is 11.9. The number of unbranched alkanes of at least 4 members (excludes halogenated alkanes) is 1. The largest absolute Gasteiger partial charge is 0.481 e. The van der Waals surface area contributed by atoms with Crippen LogP contribution in [0.4, 0.5) is 0 Å².